The van der Waals surface area contributed by atoms with Crippen molar-refractivity contribution in [3.8, 4) is 0 Å². The first kappa shape index (κ1) is 18.6. The molecular weight excluding hydrogens is 392 g/mol. The lowest BCUT2D eigenvalue weighted by Gasteiger charge is -2.32. The van der Waals surface area contributed by atoms with Gasteiger partial charge in [-0.1, -0.05) is 11.6 Å². The monoisotopic (exact) mass is 414 g/mol. The van der Waals surface area contributed by atoms with Crippen LogP contribution in [0.2, 0.25) is 5.02 Å². The molecule has 0 bridgehead atoms. The number of benzene rings is 1. The molecule has 1 saturated carbocycles. The molecule has 1 aromatic heterocycles. The van der Waals surface area contributed by atoms with Crippen LogP contribution in [-0.4, -0.2) is 46.5 Å². The predicted octanol–water partition coefficient (Wildman–Crippen LogP) is 3.36. The molecule has 7 nitrogen and oxygen atoms in total. The number of amides is 2. The van der Waals surface area contributed by atoms with Crippen LogP contribution in [0.1, 0.15) is 55.7 Å². The van der Waals surface area contributed by atoms with Crippen LogP contribution in [0.3, 0.4) is 0 Å². The molecule has 0 N–H and O–H groups in total. The van der Waals surface area contributed by atoms with Crippen molar-refractivity contribution in [2.45, 2.75) is 43.9 Å². The minimum atomic E-state index is -0.292. The van der Waals surface area contributed by atoms with Crippen molar-refractivity contribution < 1.29 is 14.0 Å². The molecule has 1 unspecified atom stereocenters. The molecule has 2 amide bonds. The summed E-state index contributed by atoms with van der Waals surface area (Å²) in [6.07, 6.45) is 4.18. The lowest BCUT2D eigenvalue weighted by molar-refractivity contribution is -0.136. The molecule has 3 fully saturated rings. The smallest absolute Gasteiger partial charge is 0.228 e. The quantitative estimate of drug-likeness (QED) is 0.766. The molecule has 0 radical (unpaired) electrons. The summed E-state index contributed by atoms with van der Waals surface area (Å²) in [5.41, 5.74) is 0.788. The minimum absolute atomic E-state index is 0.0148. The number of carbonyl (C=O) groups excluding carboxylic acids is 2. The maximum atomic E-state index is 13.0. The number of rotatable bonds is 4. The zero-order valence-electron chi connectivity index (χ0n) is 16.1. The number of anilines is 1. The summed E-state index contributed by atoms with van der Waals surface area (Å²) in [7, 11) is 0. The van der Waals surface area contributed by atoms with Crippen molar-refractivity contribution in [1.29, 1.82) is 0 Å². The Morgan fingerprint density at radius 2 is 1.62 bits per heavy atom. The highest BCUT2D eigenvalue weighted by Gasteiger charge is 2.39. The summed E-state index contributed by atoms with van der Waals surface area (Å²) < 4.78 is 5.84. The average molecular weight is 415 g/mol. The third-order valence-electron chi connectivity index (χ3n) is 6.15. The molecule has 3 aliphatic rings. The Labute approximate surface area is 174 Å². The van der Waals surface area contributed by atoms with Gasteiger partial charge in [0.2, 0.25) is 23.6 Å². The normalized spacial score (nSPS) is 23.1. The summed E-state index contributed by atoms with van der Waals surface area (Å²) in [4.78, 5) is 29.0. The van der Waals surface area contributed by atoms with Crippen molar-refractivity contribution in [2.75, 3.05) is 24.5 Å². The van der Waals surface area contributed by atoms with Crippen molar-refractivity contribution in [3.63, 3.8) is 0 Å². The molecule has 152 valence electrons. The van der Waals surface area contributed by atoms with Gasteiger partial charge in [-0.2, -0.15) is 0 Å². The van der Waals surface area contributed by atoms with E-state index in [0.29, 0.717) is 36.5 Å². The van der Waals surface area contributed by atoms with E-state index < -0.39 is 0 Å². The number of nitrogens with zero attached hydrogens (tertiary/aromatic N) is 4. The van der Waals surface area contributed by atoms with Gasteiger partial charge in [-0.3, -0.25) is 9.59 Å². The van der Waals surface area contributed by atoms with E-state index in [1.165, 1.54) is 0 Å². The van der Waals surface area contributed by atoms with Crippen molar-refractivity contribution in [3.05, 3.63) is 41.1 Å². The molecule has 1 atom stereocenters. The fourth-order valence-electron chi connectivity index (χ4n) is 4.26. The molecule has 8 heteroatoms. The van der Waals surface area contributed by atoms with Crippen molar-refractivity contribution >= 4 is 29.1 Å². The number of hydrogen-bond acceptors (Lipinski definition) is 5. The first-order valence-electron chi connectivity index (χ1n) is 10.3. The van der Waals surface area contributed by atoms with Gasteiger partial charge >= 0.3 is 0 Å². The van der Waals surface area contributed by atoms with Crippen LogP contribution in [0.4, 0.5) is 5.69 Å². The molecule has 5 rings (SSSR count). The Hall–Kier alpha value is -2.41. The Bertz CT molecular complexity index is 916. The van der Waals surface area contributed by atoms with E-state index in [0.717, 1.165) is 37.3 Å². The molecule has 2 aromatic rings. The van der Waals surface area contributed by atoms with E-state index in [4.69, 9.17) is 16.0 Å². The topological polar surface area (TPSA) is 79.5 Å². The lowest BCUT2D eigenvalue weighted by atomic mass is 9.95. The van der Waals surface area contributed by atoms with Crippen LogP contribution < -0.4 is 4.90 Å². The number of carbonyl (C=O) groups is 2. The average Bonchev–Trinajstić information content (AvgIpc) is 3.34. The highest BCUT2D eigenvalue weighted by atomic mass is 35.5. The zero-order valence-corrected chi connectivity index (χ0v) is 16.8. The van der Waals surface area contributed by atoms with Crippen LogP contribution in [-0.2, 0) is 9.59 Å². The van der Waals surface area contributed by atoms with Gasteiger partial charge in [0.25, 0.3) is 0 Å². The van der Waals surface area contributed by atoms with Crippen molar-refractivity contribution in [2.24, 2.45) is 5.92 Å². The van der Waals surface area contributed by atoms with Gasteiger partial charge in [-0.25, -0.2) is 0 Å². The summed E-state index contributed by atoms with van der Waals surface area (Å²) in [6, 6.07) is 7.16. The molecule has 2 aliphatic heterocycles. The van der Waals surface area contributed by atoms with Gasteiger partial charge in [0.05, 0.1) is 5.92 Å². The van der Waals surface area contributed by atoms with E-state index in [9.17, 15) is 9.59 Å². The number of aromatic nitrogens is 2. The Morgan fingerprint density at radius 3 is 2.24 bits per heavy atom. The molecule has 3 heterocycles. The second kappa shape index (κ2) is 7.44. The Kier molecular flexibility index (Phi) is 4.78. The fraction of sp³-hybridized carbons (Fsp3) is 0.524. The maximum Gasteiger partial charge on any atom is 0.228 e. The van der Waals surface area contributed by atoms with Crippen LogP contribution in [0.25, 0.3) is 0 Å². The van der Waals surface area contributed by atoms with E-state index in [1.54, 1.807) is 17.0 Å². The second-order valence-corrected chi connectivity index (χ2v) is 8.67. The van der Waals surface area contributed by atoms with Crippen LogP contribution in [0.15, 0.2) is 28.7 Å². The molecule has 1 aliphatic carbocycles. The number of likely N-dealkylation sites (tertiary alicyclic amines) is 1. The standard InChI is InChI=1S/C21H23ClN4O3/c22-16-3-5-17(6-4-16)26-12-15(11-18(26)27)21(28)25-9-7-14(8-10-25)20-24-23-19(29-20)13-1-2-13/h3-6,13-15H,1-2,7-12H2. The largest absolute Gasteiger partial charge is 0.425 e. The number of hydrogen-bond donors (Lipinski definition) is 0. The lowest BCUT2D eigenvalue weighted by Crippen LogP contribution is -2.42. The van der Waals surface area contributed by atoms with Gasteiger partial charge in [0.1, 0.15) is 0 Å². The summed E-state index contributed by atoms with van der Waals surface area (Å²) >= 11 is 5.93. The molecule has 1 aromatic carbocycles. The highest BCUT2D eigenvalue weighted by molar-refractivity contribution is 6.30. The zero-order chi connectivity index (χ0) is 20.0. The van der Waals surface area contributed by atoms with Crippen molar-refractivity contribution in [1.82, 2.24) is 15.1 Å². The third-order valence-corrected chi connectivity index (χ3v) is 6.40. The van der Waals surface area contributed by atoms with Gasteiger partial charge in [-0.15, -0.1) is 10.2 Å². The Morgan fingerprint density at radius 1 is 1.00 bits per heavy atom. The van der Waals surface area contributed by atoms with Gasteiger partial charge in [0, 0.05) is 48.6 Å². The molecule has 0 spiro atoms. The van der Waals surface area contributed by atoms with E-state index >= 15 is 0 Å². The minimum Gasteiger partial charge on any atom is -0.425 e. The molecule has 29 heavy (non-hydrogen) atoms. The van der Waals surface area contributed by atoms with Crippen LogP contribution in [0, 0.1) is 5.92 Å². The second-order valence-electron chi connectivity index (χ2n) is 8.23. The Balaban J connectivity index is 1.18. The number of piperidine rings is 1. The van der Waals surface area contributed by atoms with Crippen LogP contribution >= 0.6 is 11.6 Å². The molecular formula is C21H23ClN4O3. The summed E-state index contributed by atoms with van der Waals surface area (Å²) in [5.74, 6) is 1.92. The van der Waals surface area contributed by atoms with Gasteiger partial charge in [-0.05, 0) is 49.9 Å². The van der Waals surface area contributed by atoms with Gasteiger partial charge in [0.15, 0.2) is 0 Å². The van der Waals surface area contributed by atoms with E-state index in [1.807, 2.05) is 17.0 Å². The summed E-state index contributed by atoms with van der Waals surface area (Å²) in [6.45, 7) is 1.75. The number of halogens is 1. The van der Waals surface area contributed by atoms with Gasteiger partial charge < -0.3 is 14.2 Å². The summed E-state index contributed by atoms with van der Waals surface area (Å²) in [5, 5.41) is 9.03. The van der Waals surface area contributed by atoms with Crippen LogP contribution in [0.5, 0.6) is 0 Å². The maximum absolute atomic E-state index is 13.0. The predicted molar refractivity (Wildman–Crippen MR) is 107 cm³/mol. The first-order chi connectivity index (χ1) is 14.1. The highest BCUT2D eigenvalue weighted by Crippen LogP contribution is 2.40. The SMILES string of the molecule is O=C(C1CC(=O)N(c2ccc(Cl)cc2)C1)N1CCC(c2nnc(C3CC3)o2)CC1. The molecule has 2 saturated heterocycles. The third kappa shape index (κ3) is 3.75. The first-order valence-corrected chi connectivity index (χ1v) is 10.6. The fourth-order valence-corrected chi connectivity index (χ4v) is 4.38. The van der Waals surface area contributed by atoms with E-state index in [-0.39, 0.29) is 30.1 Å². The van der Waals surface area contributed by atoms with E-state index in [2.05, 4.69) is 10.2 Å².